The summed E-state index contributed by atoms with van der Waals surface area (Å²) in [4.78, 5) is 0. The van der Waals surface area contributed by atoms with E-state index in [2.05, 4.69) is 51.2 Å². The van der Waals surface area contributed by atoms with Crippen molar-refractivity contribution in [1.82, 2.24) is 5.32 Å². The Morgan fingerprint density at radius 1 is 1.16 bits per heavy atom. The van der Waals surface area contributed by atoms with Crippen molar-refractivity contribution in [2.24, 2.45) is 16.7 Å². The van der Waals surface area contributed by atoms with E-state index in [1.807, 2.05) is 18.2 Å². The van der Waals surface area contributed by atoms with Crippen LogP contribution in [-0.4, -0.2) is 6.54 Å². The molecule has 1 aromatic rings. The van der Waals surface area contributed by atoms with Crippen LogP contribution in [0.2, 0.25) is 0 Å². The first-order valence-electron chi connectivity index (χ1n) is 7.06. The number of nitriles is 1. The topological polar surface area (TPSA) is 35.8 Å². The molecule has 102 valence electrons. The standard InChI is InChI=1S/C17H24N2/c1-16(2)15(17(16,3)4)12-19-14(10-11-18)13-8-6-5-7-9-13/h5-9,14-15,19H,10,12H2,1-4H3. The quantitative estimate of drug-likeness (QED) is 0.867. The molecule has 0 spiro atoms. The molecule has 1 atom stereocenters. The van der Waals surface area contributed by atoms with Crippen LogP contribution < -0.4 is 5.32 Å². The third-order valence-corrected chi connectivity index (χ3v) is 5.39. The number of hydrogen-bond donors (Lipinski definition) is 1. The molecule has 0 aliphatic heterocycles. The van der Waals surface area contributed by atoms with Crippen LogP contribution >= 0.6 is 0 Å². The van der Waals surface area contributed by atoms with Gasteiger partial charge in [0.05, 0.1) is 12.5 Å². The van der Waals surface area contributed by atoms with Gasteiger partial charge in [-0.3, -0.25) is 0 Å². The summed E-state index contributed by atoms with van der Waals surface area (Å²) in [5.74, 6) is 0.685. The molecule has 0 amide bonds. The highest BCUT2D eigenvalue weighted by atomic mass is 14.9. The summed E-state index contributed by atoms with van der Waals surface area (Å²) in [6.07, 6.45) is 0.525. The maximum absolute atomic E-state index is 8.99. The monoisotopic (exact) mass is 256 g/mol. The zero-order chi connectivity index (χ0) is 14.1. The van der Waals surface area contributed by atoms with Gasteiger partial charge in [-0.25, -0.2) is 0 Å². The van der Waals surface area contributed by atoms with E-state index in [0.717, 1.165) is 6.54 Å². The third kappa shape index (κ3) is 2.53. The van der Waals surface area contributed by atoms with Crippen molar-refractivity contribution in [2.45, 2.75) is 40.2 Å². The number of nitrogens with one attached hydrogen (secondary N) is 1. The van der Waals surface area contributed by atoms with E-state index in [-0.39, 0.29) is 6.04 Å². The van der Waals surface area contributed by atoms with Crippen LogP contribution in [0.4, 0.5) is 0 Å². The van der Waals surface area contributed by atoms with Crippen molar-refractivity contribution in [3.05, 3.63) is 35.9 Å². The van der Waals surface area contributed by atoms with E-state index in [1.54, 1.807) is 0 Å². The summed E-state index contributed by atoms with van der Waals surface area (Å²) in [7, 11) is 0. The SMILES string of the molecule is CC1(C)C(CNC(CC#N)c2ccccc2)C1(C)C. The van der Waals surface area contributed by atoms with Crippen molar-refractivity contribution >= 4 is 0 Å². The van der Waals surface area contributed by atoms with Gasteiger partial charge in [0.1, 0.15) is 0 Å². The van der Waals surface area contributed by atoms with Crippen molar-refractivity contribution in [3.8, 4) is 6.07 Å². The van der Waals surface area contributed by atoms with Crippen LogP contribution in [0.1, 0.15) is 45.7 Å². The van der Waals surface area contributed by atoms with Gasteiger partial charge >= 0.3 is 0 Å². The average molecular weight is 256 g/mol. The Hall–Kier alpha value is -1.33. The van der Waals surface area contributed by atoms with Gasteiger partial charge < -0.3 is 5.32 Å². The molecular weight excluding hydrogens is 232 g/mol. The Morgan fingerprint density at radius 3 is 2.21 bits per heavy atom. The summed E-state index contributed by atoms with van der Waals surface area (Å²) in [5, 5.41) is 12.6. The van der Waals surface area contributed by atoms with E-state index in [4.69, 9.17) is 5.26 Å². The minimum absolute atomic E-state index is 0.151. The van der Waals surface area contributed by atoms with Gasteiger partial charge in [0, 0.05) is 6.04 Å². The van der Waals surface area contributed by atoms with Crippen LogP contribution in [0.3, 0.4) is 0 Å². The molecule has 2 rings (SSSR count). The number of hydrogen-bond acceptors (Lipinski definition) is 2. The van der Waals surface area contributed by atoms with Gasteiger partial charge in [0.15, 0.2) is 0 Å². The molecule has 1 aliphatic rings. The molecule has 1 saturated carbocycles. The van der Waals surface area contributed by atoms with Gasteiger partial charge in [0.2, 0.25) is 0 Å². The van der Waals surface area contributed by atoms with Crippen molar-refractivity contribution < 1.29 is 0 Å². The van der Waals surface area contributed by atoms with Crippen molar-refractivity contribution in [1.29, 1.82) is 5.26 Å². The van der Waals surface area contributed by atoms with Crippen LogP contribution in [0, 0.1) is 28.1 Å². The number of benzene rings is 1. The normalized spacial score (nSPS) is 21.6. The second kappa shape index (κ2) is 4.98. The summed E-state index contributed by atoms with van der Waals surface area (Å²) in [5.41, 5.74) is 2.00. The fourth-order valence-electron chi connectivity index (χ4n) is 3.19. The molecule has 0 radical (unpaired) electrons. The van der Waals surface area contributed by atoms with Gasteiger partial charge in [0.25, 0.3) is 0 Å². The van der Waals surface area contributed by atoms with Crippen LogP contribution in [0.25, 0.3) is 0 Å². The lowest BCUT2D eigenvalue weighted by molar-refractivity contribution is 0.457. The van der Waals surface area contributed by atoms with Crippen LogP contribution in [-0.2, 0) is 0 Å². The maximum Gasteiger partial charge on any atom is 0.0641 e. The van der Waals surface area contributed by atoms with Gasteiger partial charge in [-0.15, -0.1) is 0 Å². The minimum atomic E-state index is 0.151. The van der Waals surface area contributed by atoms with Crippen LogP contribution in [0.15, 0.2) is 30.3 Å². The molecule has 0 bridgehead atoms. The predicted molar refractivity (Wildman–Crippen MR) is 78.5 cm³/mol. The molecule has 1 fully saturated rings. The lowest BCUT2D eigenvalue weighted by Crippen LogP contribution is -2.25. The molecule has 19 heavy (non-hydrogen) atoms. The first-order chi connectivity index (χ1) is 8.91. The molecule has 0 saturated heterocycles. The highest BCUT2D eigenvalue weighted by Gasteiger charge is 2.63. The molecule has 1 N–H and O–H groups in total. The zero-order valence-electron chi connectivity index (χ0n) is 12.4. The van der Waals surface area contributed by atoms with Crippen LogP contribution in [0.5, 0.6) is 0 Å². The predicted octanol–water partition coefficient (Wildman–Crippen LogP) is 3.91. The Bertz CT molecular complexity index is 454. The fourth-order valence-corrected chi connectivity index (χ4v) is 3.19. The average Bonchev–Trinajstić information content (AvgIpc) is 2.77. The Labute approximate surface area is 116 Å². The summed E-state index contributed by atoms with van der Waals surface area (Å²) < 4.78 is 0. The number of nitrogens with zero attached hydrogens (tertiary/aromatic N) is 1. The summed E-state index contributed by atoms with van der Waals surface area (Å²) >= 11 is 0. The maximum atomic E-state index is 8.99. The summed E-state index contributed by atoms with van der Waals surface area (Å²) in [6, 6.07) is 12.7. The summed E-state index contributed by atoms with van der Waals surface area (Å²) in [6.45, 7) is 10.3. The Balaban J connectivity index is 1.99. The largest absolute Gasteiger partial charge is 0.309 e. The highest BCUT2D eigenvalue weighted by molar-refractivity contribution is 5.20. The lowest BCUT2D eigenvalue weighted by atomic mass is 10.0. The van der Waals surface area contributed by atoms with E-state index in [1.165, 1.54) is 5.56 Å². The minimum Gasteiger partial charge on any atom is -0.309 e. The van der Waals surface area contributed by atoms with E-state index < -0.39 is 0 Å². The number of rotatable bonds is 5. The second-order valence-electron chi connectivity index (χ2n) is 6.73. The lowest BCUT2D eigenvalue weighted by Gasteiger charge is -2.17. The molecule has 2 heteroatoms. The molecule has 1 unspecified atom stereocenters. The Morgan fingerprint density at radius 2 is 1.74 bits per heavy atom. The van der Waals surface area contributed by atoms with E-state index in [0.29, 0.717) is 23.2 Å². The molecule has 0 aromatic heterocycles. The first kappa shape index (κ1) is 14.1. The Kier molecular flexibility index (Phi) is 3.69. The zero-order valence-corrected chi connectivity index (χ0v) is 12.4. The van der Waals surface area contributed by atoms with Gasteiger partial charge in [-0.1, -0.05) is 58.0 Å². The molecule has 1 aliphatic carbocycles. The van der Waals surface area contributed by atoms with E-state index >= 15 is 0 Å². The van der Waals surface area contributed by atoms with Crippen molar-refractivity contribution in [2.75, 3.05) is 6.54 Å². The molecule has 2 nitrogen and oxygen atoms in total. The fraction of sp³-hybridized carbons (Fsp3) is 0.588. The van der Waals surface area contributed by atoms with E-state index in [9.17, 15) is 0 Å². The molecular formula is C17H24N2. The molecule has 1 aromatic carbocycles. The first-order valence-corrected chi connectivity index (χ1v) is 7.06. The van der Waals surface area contributed by atoms with Gasteiger partial charge in [-0.2, -0.15) is 5.26 Å². The van der Waals surface area contributed by atoms with Crippen molar-refractivity contribution in [3.63, 3.8) is 0 Å². The highest BCUT2D eigenvalue weighted by Crippen LogP contribution is 2.68. The van der Waals surface area contributed by atoms with Gasteiger partial charge in [-0.05, 0) is 28.9 Å². The second-order valence-corrected chi connectivity index (χ2v) is 6.73. The molecule has 0 heterocycles. The smallest absolute Gasteiger partial charge is 0.0641 e. The third-order valence-electron chi connectivity index (χ3n) is 5.39.